The van der Waals surface area contributed by atoms with E-state index in [-0.39, 0.29) is 11.4 Å². The molecule has 0 saturated carbocycles. The Balaban J connectivity index is 2.18. The molecule has 1 amide bonds. The lowest BCUT2D eigenvalue weighted by Crippen LogP contribution is -2.40. The van der Waals surface area contributed by atoms with Gasteiger partial charge in [0.2, 0.25) is 0 Å². The second kappa shape index (κ2) is 7.36. The van der Waals surface area contributed by atoms with Gasteiger partial charge in [-0.3, -0.25) is 14.9 Å². The van der Waals surface area contributed by atoms with E-state index in [1.165, 1.54) is 35.1 Å². The van der Waals surface area contributed by atoms with Crippen LogP contribution in [0.15, 0.2) is 36.5 Å². The molecule has 1 aromatic carbocycles. The van der Waals surface area contributed by atoms with Gasteiger partial charge in [0.15, 0.2) is 5.69 Å². The van der Waals surface area contributed by atoms with Crippen molar-refractivity contribution in [3.05, 3.63) is 52.3 Å². The Morgan fingerprint density at radius 2 is 2.17 bits per heavy atom. The smallest absolute Gasteiger partial charge is 0.326 e. The van der Waals surface area contributed by atoms with Crippen molar-refractivity contribution < 1.29 is 19.6 Å². The van der Waals surface area contributed by atoms with E-state index in [1.807, 2.05) is 6.92 Å². The first-order chi connectivity index (χ1) is 11.4. The summed E-state index contributed by atoms with van der Waals surface area (Å²) in [6.07, 6.45) is 2.40. The predicted octanol–water partition coefficient (Wildman–Crippen LogP) is 1.76. The number of nitro groups is 1. The Morgan fingerprint density at radius 3 is 2.79 bits per heavy atom. The lowest BCUT2D eigenvalue weighted by atomic mass is 10.1. The normalized spacial score (nSPS) is 11.7. The Bertz CT molecular complexity index is 771. The van der Waals surface area contributed by atoms with Crippen LogP contribution in [0.3, 0.4) is 0 Å². The largest absolute Gasteiger partial charge is 0.480 e. The number of aliphatic carboxylic acids is 1. The lowest BCUT2D eigenvalue weighted by molar-refractivity contribution is -0.384. The first-order valence-corrected chi connectivity index (χ1v) is 7.26. The number of hydrogen-bond acceptors (Lipinski definition) is 5. The summed E-state index contributed by atoms with van der Waals surface area (Å²) in [5, 5.41) is 26.3. The van der Waals surface area contributed by atoms with Gasteiger partial charge in [-0.05, 0) is 18.6 Å². The predicted molar refractivity (Wildman–Crippen MR) is 84.0 cm³/mol. The molecule has 0 aliphatic carbocycles. The van der Waals surface area contributed by atoms with E-state index in [4.69, 9.17) is 5.11 Å². The maximum Gasteiger partial charge on any atom is 0.326 e. The van der Waals surface area contributed by atoms with Crippen LogP contribution < -0.4 is 5.32 Å². The van der Waals surface area contributed by atoms with E-state index in [2.05, 4.69) is 10.4 Å². The molecule has 1 unspecified atom stereocenters. The van der Waals surface area contributed by atoms with Gasteiger partial charge < -0.3 is 10.4 Å². The maximum absolute atomic E-state index is 12.1. The quantitative estimate of drug-likeness (QED) is 0.587. The molecule has 0 aliphatic rings. The zero-order valence-corrected chi connectivity index (χ0v) is 12.9. The van der Waals surface area contributed by atoms with E-state index >= 15 is 0 Å². The fourth-order valence-electron chi connectivity index (χ4n) is 2.12. The molecule has 24 heavy (non-hydrogen) atoms. The van der Waals surface area contributed by atoms with Gasteiger partial charge in [0, 0.05) is 18.3 Å². The number of nitro benzene ring substituents is 1. The van der Waals surface area contributed by atoms with Crippen LogP contribution in [0.25, 0.3) is 5.69 Å². The molecule has 2 aromatic rings. The van der Waals surface area contributed by atoms with E-state index in [0.29, 0.717) is 18.5 Å². The third-order valence-electron chi connectivity index (χ3n) is 3.31. The molecule has 9 nitrogen and oxygen atoms in total. The number of nitrogens with zero attached hydrogens (tertiary/aromatic N) is 3. The van der Waals surface area contributed by atoms with Crippen LogP contribution in [0, 0.1) is 10.1 Å². The summed E-state index contributed by atoms with van der Waals surface area (Å²) in [5.41, 5.74) is 0.360. The number of amides is 1. The number of carbonyl (C=O) groups excluding carboxylic acids is 1. The van der Waals surface area contributed by atoms with E-state index in [9.17, 15) is 19.7 Å². The fourth-order valence-corrected chi connectivity index (χ4v) is 2.12. The van der Waals surface area contributed by atoms with Gasteiger partial charge in [-0.25, -0.2) is 9.48 Å². The summed E-state index contributed by atoms with van der Waals surface area (Å²) in [4.78, 5) is 33.5. The molecular formula is C15H16N4O5. The Labute approximate surface area is 137 Å². The number of carboxylic acid groups (broad SMARTS) is 1. The highest BCUT2D eigenvalue weighted by Crippen LogP contribution is 2.16. The maximum atomic E-state index is 12.1. The van der Waals surface area contributed by atoms with E-state index in [1.54, 1.807) is 6.07 Å². The average molecular weight is 332 g/mol. The molecular weight excluding hydrogens is 316 g/mol. The number of benzene rings is 1. The molecule has 0 radical (unpaired) electrons. The highest BCUT2D eigenvalue weighted by atomic mass is 16.6. The molecule has 2 N–H and O–H groups in total. The van der Waals surface area contributed by atoms with Crippen LogP contribution in [0.2, 0.25) is 0 Å². The zero-order chi connectivity index (χ0) is 17.7. The lowest BCUT2D eigenvalue weighted by Gasteiger charge is -2.12. The van der Waals surface area contributed by atoms with Gasteiger partial charge in [-0.2, -0.15) is 5.10 Å². The Kier molecular flexibility index (Phi) is 5.25. The summed E-state index contributed by atoms with van der Waals surface area (Å²) in [7, 11) is 0. The molecule has 0 aliphatic heterocycles. The molecule has 1 atom stereocenters. The molecule has 1 aromatic heterocycles. The number of hydrogen-bond donors (Lipinski definition) is 2. The fraction of sp³-hybridized carbons (Fsp3) is 0.267. The number of carboxylic acids is 1. The number of aromatic nitrogens is 2. The van der Waals surface area contributed by atoms with Crippen LogP contribution in [0.1, 0.15) is 30.3 Å². The summed E-state index contributed by atoms with van der Waals surface area (Å²) in [5.74, 6) is -1.72. The van der Waals surface area contributed by atoms with Crippen LogP contribution in [-0.4, -0.2) is 37.7 Å². The van der Waals surface area contributed by atoms with Crippen molar-refractivity contribution >= 4 is 17.6 Å². The van der Waals surface area contributed by atoms with Gasteiger partial charge in [0.25, 0.3) is 11.6 Å². The topological polar surface area (TPSA) is 127 Å². The van der Waals surface area contributed by atoms with Crippen LogP contribution >= 0.6 is 0 Å². The molecule has 0 saturated heterocycles. The highest BCUT2D eigenvalue weighted by Gasteiger charge is 2.21. The van der Waals surface area contributed by atoms with Gasteiger partial charge >= 0.3 is 5.97 Å². The van der Waals surface area contributed by atoms with Crippen molar-refractivity contribution in [1.29, 1.82) is 0 Å². The summed E-state index contributed by atoms with van der Waals surface area (Å²) in [6, 6.07) is 6.23. The summed E-state index contributed by atoms with van der Waals surface area (Å²) in [6.45, 7) is 1.82. The van der Waals surface area contributed by atoms with Crippen molar-refractivity contribution in [3.63, 3.8) is 0 Å². The Hall–Kier alpha value is -3.23. The summed E-state index contributed by atoms with van der Waals surface area (Å²) < 4.78 is 1.32. The van der Waals surface area contributed by atoms with Crippen molar-refractivity contribution in [2.45, 2.75) is 25.8 Å². The van der Waals surface area contributed by atoms with Gasteiger partial charge in [0.05, 0.1) is 10.6 Å². The minimum Gasteiger partial charge on any atom is -0.480 e. The van der Waals surface area contributed by atoms with Gasteiger partial charge in [0.1, 0.15) is 6.04 Å². The number of non-ortho nitro benzene ring substituents is 1. The molecule has 1 heterocycles. The van der Waals surface area contributed by atoms with Crippen molar-refractivity contribution in [2.75, 3.05) is 0 Å². The van der Waals surface area contributed by atoms with Crippen LogP contribution in [-0.2, 0) is 4.79 Å². The average Bonchev–Trinajstić information content (AvgIpc) is 3.04. The number of rotatable bonds is 7. The number of nitrogens with one attached hydrogen (secondary N) is 1. The molecule has 0 spiro atoms. The monoisotopic (exact) mass is 332 g/mol. The molecule has 9 heteroatoms. The highest BCUT2D eigenvalue weighted by molar-refractivity contribution is 5.94. The first-order valence-electron chi connectivity index (χ1n) is 7.26. The molecule has 2 rings (SSSR count). The molecule has 0 fully saturated rings. The SMILES string of the molecule is CCCC(NC(=O)c1ccn(-c2cccc([N+](=O)[O-])c2)n1)C(=O)O. The number of carbonyl (C=O) groups is 2. The van der Waals surface area contributed by atoms with Gasteiger partial charge in [-0.15, -0.1) is 0 Å². The third kappa shape index (κ3) is 3.94. The minimum absolute atomic E-state index is 0.0314. The third-order valence-corrected chi connectivity index (χ3v) is 3.31. The second-order valence-corrected chi connectivity index (χ2v) is 5.08. The Morgan fingerprint density at radius 1 is 1.42 bits per heavy atom. The first kappa shape index (κ1) is 17.1. The van der Waals surface area contributed by atoms with Crippen LogP contribution in [0.5, 0.6) is 0 Å². The van der Waals surface area contributed by atoms with Crippen LogP contribution in [0.4, 0.5) is 5.69 Å². The standard InChI is InChI=1S/C15H16N4O5/c1-2-4-13(15(21)22)16-14(20)12-7-8-18(17-12)10-5-3-6-11(9-10)19(23)24/h3,5-9,13H,2,4H2,1H3,(H,16,20)(H,21,22). The molecule has 126 valence electrons. The van der Waals surface area contributed by atoms with Gasteiger partial charge in [-0.1, -0.05) is 19.4 Å². The van der Waals surface area contributed by atoms with Crippen molar-refractivity contribution in [3.8, 4) is 5.69 Å². The second-order valence-electron chi connectivity index (χ2n) is 5.08. The minimum atomic E-state index is -1.11. The van der Waals surface area contributed by atoms with E-state index in [0.717, 1.165) is 0 Å². The van der Waals surface area contributed by atoms with E-state index < -0.39 is 22.8 Å². The molecule has 0 bridgehead atoms. The van der Waals surface area contributed by atoms with Crippen molar-refractivity contribution in [1.82, 2.24) is 15.1 Å². The summed E-state index contributed by atoms with van der Waals surface area (Å²) >= 11 is 0. The van der Waals surface area contributed by atoms with Crippen molar-refractivity contribution in [2.24, 2.45) is 0 Å². The zero-order valence-electron chi connectivity index (χ0n) is 12.9.